The summed E-state index contributed by atoms with van der Waals surface area (Å²) in [5.74, 6) is -0.888. The fourth-order valence-electron chi connectivity index (χ4n) is 2.12. The number of carbonyl (C=O) groups is 1. The van der Waals surface area contributed by atoms with E-state index in [1.54, 1.807) is 17.0 Å². The molecule has 1 aromatic rings. The van der Waals surface area contributed by atoms with Crippen molar-refractivity contribution in [1.29, 1.82) is 0 Å². The van der Waals surface area contributed by atoms with Gasteiger partial charge in [-0.2, -0.15) is 0 Å². The van der Waals surface area contributed by atoms with Crippen LogP contribution in [0.4, 0.5) is 4.39 Å². The highest BCUT2D eigenvalue weighted by molar-refractivity contribution is 9.10. The van der Waals surface area contributed by atoms with Gasteiger partial charge in [-0.05, 0) is 40.9 Å². The molecule has 1 heterocycles. The molecule has 1 aliphatic rings. The molecule has 0 spiro atoms. The molecule has 0 aliphatic carbocycles. The summed E-state index contributed by atoms with van der Waals surface area (Å²) in [6, 6.07) is 4.47. The van der Waals surface area contributed by atoms with Gasteiger partial charge < -0.3 is 10.0 Å². The standard InChI is InChI=1S/C12H13BrFNO2/c13-10-5-1-4-9(11(10)14)12(17)15-6-2-3-8(15)7-16/h1,4-5,8,16H,2-3,6-7H2/t8-/m1/s1. The second-order valence-corrected chi connectivity index (χ2v) is 4.93. The van der Waals surface area contributed by atoms with Crippen molar-refractivity contribution in [3.05, 3.63) is 34.1 Å². The maximum Gasteiger partial charge on any atom is 0.257 e. The molecule has 1 atom stereocenters. The van der Waals surface area contributed by atoms with Crippen molar-refractivity contribution in [2.24, 2.45) is 0 Å². The lowest BCUT2D eigenvalue weighted by Crippen LogP contribution is -2.38. The van der Waals surface area contributed by atoms with Crippen molar-refractivity contribution < 1.29 is 14.3 Å². The van der Waals surface area contributed by atoms with Crippen LogP contribution in [0.1, 0.15) is 23.2 Å². The molecule has 5 heteroatoms. The Morgan fingerprint density at radius 2 is 2.35 bits per heavy atom. The number of halogens is 2. The van der Waals surface area contributed by atoms with Crippen LogP contribution in [-0.2, 0) is 0 Å². The molecular formula is C12H13BrFNO2. The predicted molar refractivity (Wildman–Crippen MR) is 65.2 cm³/mol. The molecule has 3 nitrogen and oxygen atoms in total. The van der Waals surface area contributed by atoms with Crippen LogP contribution in [0.25, 0.3) is 0 Å². The summed E-state index contributed by atoms with van der Waals surface area (Å²) in [7, 11) is 0. The predicted octanol–water partition coefficient (Wildman–Crippen LogP) is 2.19. The minimum Gasteiger partial charge on any atom is -0.394 e. The second kappa shape index (κ2) is 5.14. The fourth-order valence-corrected chi connectivity index (χ4v) is 2.48. The Morgan fingerprint density at radius 1 is 1.59 bits per heavy atom. The molecule has 0 saturated carbocycles. The van der Waals surface area contributed by atoms with E-state index in [1.807, 2.05) is 0 Å². The first-order chi connectivity index (χ1) is 8.15. The first kappa shape index (κ1) is 12.5. The normalized spacial score (nSPS) is 19.7. The van der Waals surface area contributed by atoms with Crippen LogP contribution in [0.5, 0.6) is 0 Å². The number of benzene rings is 1. The van der Waals surface area contributed by atoms with E-state index >= 15 is 0 Å². The average molecular weight is 302 g/mol. The summed E-state index contributed by atoms with van der Waals surface area (Å²) < 4.78 is 14.1. The summed E-state index contributed by atoms with van der Waals surface area (Å²) in [6.07, 6.45) is 1.63. The van der Waals surface area contributed by atoms with Gasteiger partial charge in [-0.25, -0.2) is 4.39 Å². The number of likely N-dealkylation sites (tertiary alicyclic amines) is 1. The van der Waals surface area contributed by atoms with Gasteiger partial charge in [-0.1, -0.05) is 6.07 Å². The molecule has 0 unspecified atom stereocenters. The Balaban J connectivity index is 2.28. The molecule has 1 aliphatic heterocycles. The summed E-state index contributed by atoms with van der Waals surface area (Å²) in [6.45, 7) is 0.511. The molecule has 92 valence electrons. The van der Waals surface area contributed by atoms with Crippen LogP contribution in [0.3, 0.4) is 0 Å². The third-order valence-corrected chi connectivity index (χ3v) is 3.64. The highest BCUT2D eigenvalue weighted by Gasteiger charge is 2.30. The number of amides is 1. The molecule has 1 fully saturated rings. The molecule has 0 radical (unpaired) electrons. The quantitative estimate of drug-likeness (QED) is 0.910. The van der Waals surface area contributed by atoms with Crippen LogP contribution < -0.4 is 0 Å². The zero-order valence-corrected chi connectivity index (χ0v) is 10.8. The van der Waals surface area contributed by atoms with Crippen LogP contribution >= 0.6 is 15.9 Å². The second-order valence-electron chi connectivity index (χ2n) is 4.08. The van der Waals surface area contributed by atoms with Crippen LogP contribution in [0.15, 0.2) is 22.7 Å². The van der Waals surface area contributed by atoms with Gasteiger partial charge in [0.25, 0.3) is 5.91 Å². The van der Waals surface area contributed by atoms with Crippen molar-refractivity contribution in [1.82, 2.24) is 4.90 Å². The Kier molecular flexibility index (Phi) is 3.79. The fraction of sp³-hybridized carbons (Fsp3) is 0.417. The molecule has 1 aromatic carbocycles. The van der Waals surface area contributed by atoms with Crippen molar-refractivity contribution in [3.63, 3.8) is 0 Å². The topological polar surface area (TPSA) is 40.5 Å². The van der Waals surface area contributed by atoms with Crippen LogP contribution in [0.2, 0.25) is 0 Å². The number of nitrogens with zero attached hydrogens (tertiary/aromatic N) is 1. The number of carbonyl (C=O) groups excluding carboxylic acids is 1. The lowest BCUT2D eigenvalue weighted by atomic mass is 10.1. The van der Waals surface area contributed by atoms with E-state index in [9.17, 15) is 9.18 Å². The van der Waals surface area contributed by atoms with Gasteiger partial charge in [0.05, 0.1) is 22.7 Å². The molecule has 1 saturated heterocycles. The van der Waals surface area contributed by atoms with Crippen molar-refractivity contribution in [2.75, 3.05) is 13.2 Å². The van der Waals surface area contributed by atoms with Crippen molar-refractivity contribution in [3.8, 4) is 0 Å². The van der Waals surface area contributed by atoms with E-state index < -0.39 is 5.82 Å². The molecular weight excluding hydrogens is 289 g/mol. The van der Waals surface area contributed by atoms with Gasteiger partial charge >= 0.3 is 0 Å². The van der Waals surface area contributed by atoms with E-state index in [0.29, 0.717) is 6.54 Å². The maximum atomic E-state index is 13.8. The van der Waals surface area contributed by atoms with Gasteiger partial charge in [0.1, 0.15) is 5.82 Å². The highest BCUT2D eigenvalue weighted by Crippen LogP contribution is 2.24. The number of rotatable bonds is 2. The maximum absolute atomic E-state index is 13.8. The summed E-state index contributed by atoms with van der Waals surface area (Å²) in [4.78, 5) is 13.7. The number of aliphatic hydroxyl groups excluding tert-OH is 1. The molecule has 0 bridgehead atoms. The summed E-state index contributed by atoms with van der Waals surface area (Å²) in [5.41, 5.74) is 0.0553. The zero-order chi connectivity index (χ0) is 12.4. The monoisotopic (exact) mass is 301 g/mol. The van der Waals surface area contributed by atoms with Crippen molar-refractivity contribution >= 4 is 21.8 Å². The largest absolute Gasteiger partial charge is 0.394 e. The van der Waals surface area contributed by atoms with Crippen LogP contribution in [0, 0.1) is 5.82 Å². The SMILES string of the molecule is O=C(c1cccc(Br)c1F)N1CCC[C@@H]1CO. The summed E-state index contributed by atoms with van der Waals surface area (Å²) in [5, 5.41) is 9.16. The third-order valence-electron chi connectivity index (χ3n) is 3.03. The van der Waals surface area contributed by atoms with Gasteiger partial charge in [-0.15, -0.1) is 0 Å². The Hall–Kier alpha value is -0.940. The average Bonchev–Trinajstić information content (AvgIpc) is 2.80. The van der Waals surface area contributed by atoms with E-state index in [2.05, 4.69) is 15.9 Å². The smallest absolute Gasteiger partial charge is 0.257 e. The minimum atomic E-state index is -0.541. The number of hydrogen-bond acceptors (Lipinski definition) is 2. The van der Waals surface area contributed by atoms with Crippen LogP contribution in [-0.4, -0.2) is 35.1 Å². The lowest BCUT2D eigenvalue weighted by Gasteiger charge is -2.23. The van der Waals surface area contributed by atoms with Gasteiger partial charge in [0.2, 0.25) is 0 Å². The van der Waals surface area contributed by atoms with E-state index in [0.717, 1.165) is 12.8 Å². The third kappa shape index (κ3) is 2.35. The Bertz CT molecular complexity index is 439. The lowest BCUT2D eigenvalue weighted by molar-refractivity contribution is 0.0673. The van der Waals surface area contributed by atoms with Crippen molar-refractivity contribution in [2.45, 2.75) is 18.9 Å². The van der Waals surface area contributed by atoms with E-state index in [1.165, 1.54) is 6.07 Å². The molecule has 2 rings (SSSR count). The molecule has 17 heavy (non-hydrogen) atoms. The minimum absolute atomic E-state index is 0.0553. The highest BCUT2D eigenvalue weighted by atomic mass is 79.9. The Labute approximate surface area is 107 Å². The first-order valence-corrected chi connectivity index (χ1v) is 6.30. The van der Waals surface area contributed by atoms with E-state index in [4.69, 9.17) is 5.11 Å². The van der Waals surface area contributed by atoms with Gasteiger partial charge in [-0.3, -0.25) is 4.79 Å². The Morgan fingerprint density at radius 3 is 3.06 bits per heavy atom. The first-order valence-electron chi connectivity index (χ1n) is 5.51. The molecule has 1 N–H and O–H groups in total. The van der Waals surface area contributed by atoms with Gasteiger partial charge in [0, 0.05) is 6.54 Å². The van der Waals surface area contributed by atoms with Gasteiger partial charge in [0.15, 0.2) is 0 Å². The molecule has 1 amide bonds. The number of hydrogen-bond donors (Lipinski definition) is 1. The summed E-state index contributed by atoms with van der Waals surface area (Å²) >= 11 is 3.06. The number of aliphatic hydroxyl groups is 1. The zero-order valence-electron chi connectivity index (χ0n) is 9.20. The van der Waals surface area contributed by atoms with E-state index in [-0.39, 0.29) is 28.6 Å². The molecule has 0 aromatic heterocycles.